The van der Waals surface area contributed by atoms with Gasteiger partial charge in [0, 0.05) is 24.0 Å². The van der Waals surface area contributed by atoms with Crippen LogP contribution in [0.15, 0.2) is 36.4 Å². The number of nitrogens with one attached hydrogen (secondary N) is 2. The normalized spacial score (nSPS) is 15.6. The summed E-state index contributed by atoms with van der Waals surface area (Å²) in [4.78, 5) is 0. The van der Waals surface area contributed by atoms with E-state index in [1.165, 1.54) is 18.2 Å². The van der Waals surface area contributed by atoms with Gasteiger partial charge in [-0.05, 0) is 50.2 Å². The Morgan fingerprint density at radius 1 is 1.16 bits per heavy atom. The first kappa shape index (κ1) is 16.0. The van der Waals surface area contributed by atoms with Crippen LogP contribution >= 0.6 is 0 Å². The van der Waals surface area contributed by atoms with Crippen LogP contribution in [0.3, 0.4) is 0 Å². The topological polar surface area (TPSA) is 41.9 Å². The van der Waals surface area contributed by atoms with E-state index in [1.54, 1.807) is 22.9 Å². The van der Waals surface area contributed by atoms with E-state index >= 15 is 0 Å². The molecule has 0 atom stereocenters. The third-order valence-electron chi connectivity index (χ3n) is 4.74. The third kappa shape index (κ3) is 3.09. The SMILES string of the molecule is Cn1nc(-c2cccc(F)c2)c2cc(F)c(NC3CCNCC3)cc21. The summed E-state index contributed by atoms with van der Waals surface area (Å²) in [5.74, 6) is -0.641. The molecular weight excluding hydrogens is 322 g/mol. The lowest BCUT2D eigenvalue weighted by molar-refractivity contribution is 0.477. The van der Waals surface area contributed by atoms with Crippen LogP contribution in [0.25, 0.3) is 22.2 Å². The summed E-state index contributed by atoms with van der Waals surface area (Å²) in [5.41, 5.74) is 2.54. The number of piperidine rings is 1. The van der Waals surface area contributed by atoms with E-state index in [-0.39, 0.29) is 17.7 Å². The number of fused-ring (bicyclic) bond motifs is 1. The maximum absolute atomic E-state index is 14.7. The highest BCUT2D eigenvalue weighted by Crippen LogP contribution is 2.32. The number of hydrogen-bond donors (Lipinski definition) is 2. The van der Waals surface area contributed by atoms with Gasteiger partial charge in [-0.3, -0.25) is 4.68 Å². The fourth-order valence-corrected chi connectivity index (χ4v) is 3.42. The van der Waals surface area contributed by atoms with Gasteiger partial charge in [0.25, 0.3) is 0 Å². The van der Waals surface area contributed by atoms with E-state index in [0.29, 0.717) is 22.3 Å². The average Bonchev–Trinajstić information content (AvgIpc) is 2.92. The van der Waals surface area contributed by atoms with E-state index in [1.807, 2.05) is 7.05 Å². The summed E-state index contributed by atoms with van der Waals surface area (Å²) in [6, 6.07) is 9.77. The van der Waals surface area contributed by atoms with Gasteiger partial charge in [-0.1, -0.05) is 12.1 Å². The van der Waals surface area contributed by atoms with Gasteiger partial charge < -0.3 is 10.6 Å². The molecule has 1 fully saturated rings. The first-order valence-corrected chi connectivity index (χ1v) is 8.51. The molecular formula is C19H20F2N4. The number of anilines is 1. The number of nitrogens with zero attached hydrogens (tertiary/aromatic N) is 2. The highest BCUT2D eigenvalue weighted by molar-refractivity contribution is 5.95. The molecule has 1 aromatic heterocycles. The molecule has 4 rings (SSSR count). The van der Waals surface area contributed by atoms with Crippen molar-refractivity contribution in [2.45, 2.75) is 18.9 Å². The van der Waals surface area contributed by atoms with Crippen molar-refractivity contribution in [1.29, 1.82) is 0 Å². The number of rotatable bonds is 3. The lowest BCUT2D eigenvalue weighted by Gasteiger charge is -2.25. The van der Waals surface area contributed by atoms with Crippen LogP contribution in [-0.2, 0) is 7.05 Å². The summed E-state index contributed by atoms with van der Waals surface area (Å²) in [5, 5.41) is 11.8. The number of aromatic nitrogens is 2. The largest absolute Gasteiger partial charge is 0.380 e. The minimum Gasteiger partial charge on any atom is -0.380 e. The van der Waals surface area contributed by atoms with Crippen LogP contribution in [0.4, 0.5) is 14.5 Å². The molecule has 1 aliphatic heterocycles. The van der Waals surface area contributed by atoms with Crippen molar-refractivity contribution in [3.05, 3.63) is 48.0 Å². The van der Waals surface area contributed by atoms with E-state index < -0.39 is 0 Å². The summed E-state index contributed by atoms with van der Waals surface area (Å²) >= 11 is 0. The molecule has 0 unspecified atom stereocenters. The van der Waals surface area contributed by atoms with Crippen LogP contribution < -0.4 is 10.6 Å². The minimum atomic E-state index is -0.332. The van der Waals surface area contributed by atoms with Crippen molar-refractivity contribution in [2.24, 2.45) is 7.05 Å². The van der Waals surface area contributed by atoms with Crippen molar-refractivity contribution in [1.82, 2.24) is 15.1 Å². The van der Waals surface area contributed by atoms with E-state index in [2.05, 4.69) is 15.7 Å². The van der Waals surface area contributed by atoms with Crippen LogP contribution in [0.5, 0.6) is 0 Å². The first-order valence-electron chi connectivity index (χ1n) is 8.51. The maximum Gasteiger partial charge on any atom is 0.147 e. The fraction of sp³-hybridized carbons (Fsp3) is 0.316. The fourth-order valence-electron chi connectivity index (χ4n) is 3.42. The lowest BCUT2D eigenvalue weighted by Crippen LogP contribution is -2.35. The van der Waals surface area contributed by atoms with Crippen LogP contribution in [0.1, 0.15) is 12.8 Å². The molecule has 25 heavy (non-hydrogen) atoms. The zero-order valence-corrected chi connectivity index (χ0v) is 14.0. The predicted molar refractivity (Wildman–Crippen MR) is 95.6 cm³/mol. The second kappa shape index (κ2) is 6.44. The highest BCUT2D eigenvalue weighted by Gasteiger charge is 2.18. The van der Waals surface area contributed by atoms with E-state index in [4.69, 9.17) is 0 Å². The summed E-state index contributed by atoms with van der Waals surface area (Å²) in [6.45, 7) is 1.88. The predicted octanol–water partition coefficient (Wildman–Crippen LogP) is 3.68. The summed E-state index contributed by atoms with van der Waals surface area (Å²) in [6.07, 6.45) is 1.94. The van der Waals surface area contributed by atoms with Crippen LogP contribution in [-0.4, -0.2) is 28.9 Å². The van der Waals surface area contributed by atoms with Gasteiger partial charge in [0.05, 0.1) is 11.2 Å². The van der Waals surface area contributed by atoms with Crippen LogP contribution in [0.2, 0.25) is 0 Å². The molecule has 0 aliphatic carbocycles. The molecule has 2 aromatic carbocycles. The monoisotopic (exact) mass is 342 g/mol. The average molecular weight is 342 g/mol. The number of benzene rings is 2. The molecule has 1 saturated heterocycles. The number of halogens is 2. The summed E-state index contributed by atoms with van der Waals surface area (Å²) < 4.78 is 29.9. The molecule has 2 N–H and O–H groups in total. The molecule has 3 aromatic rings. The Bertz CT molecular complexity index is 913. The molecule has 2 heterocycles. The zero-order chi connectivity index (χ0) is 17.4. The standard InChI is InChI=1S/C19H20F2N4/c1-25-18-11-17(23-14-5-7-22-8-6-14)16(21)10-15(18)19(24-25)12-3-2-4-13(20)9-12/h2-4,9-11,14,22-23H,5-8H2,1H3. The first-order chi connectivity index (χ1) is 12.1. The van der Waals surface area contributed by atoms with Gasteiger partial charge in [0.1, 0.15) is 17.3 Å². The van der Waals surface area contributed by atoms with Gasteiger partial charge in [0.15, 0.2) is 0 Å². The minimum absolute atomic E-state index is 0.268. The molecule has 0 amide bonds. The van der Waals surface area contributed by atoms with Crippen LogP contribution in [0, 0.1) is 11.6 Å². The molecule has 4 nitrogen and oxygen atoms in total. The molecule has 0 bridgehead atoms. The van der Waals surface area contributed by atoms with Gasteiger partial charge in [-0.2, -0.15) is 5.10 Å². The Labute approximate surface area is 144 Å². The Morgan fingerprint density at radius 3 is 2.72 bits per heavy atom. The van der Waals surface area contributed by atoms with E-state index in [9.17, 15) is 8.78 Å². The van der Waals surface area contributed by atoms with Crippen molar-refractivity contribution in [3.63, 3.8) is 0 Å². The highest BCUT2D eigenvalue weighted by atomic mass is 19.1. The summed E-state index contributed by atoms with van der Waals surface area (Å²) in [7, 11) is 1.82. The molecule has 0 saturated carbocycles. The van der Waals surface area contributed by atoms with Crippen molar-refractivity contribution >= 4 is 16.6 Å². The second-order valence-corrected chi connectivity index (χ2v) is 6.50. The molecule has 0 radical (unpaired) electrons. The second-order valence-electron chi connectivity index (χ2n) is 6.50. The van der Waals surface area contributed by atoms with E-state index in [0.717, 1.165) is 31.4 Å². The molecule has 1 aliphatic rings. The Kier molecular flexibility index (Phi) is 4.13. The lowest BCUT2D eigenvalue weighted by atomic mass is 10.0. The zero-order valence-electron chi connectivity index (χ0n) is 14.0. The van der Waals surface area contributed by atoms with Gasteiger partial charge in [-0.25, -0.2) is 8.78 Å². The van der Waals surface area contributed by atoms with Crippen molar-refractivity contribution < 1.29 is 8.78 Å². The smallest absolute Gasteiger partial charge is 0.147 e. The molecule has 6 heteroatoms. The molecule has 0 spiro atoms. The Hall–Kier alpha value is -2.47. The van der Waals surface area contributed by atoms with Crippen molar-refractivity contribution in [3.8, 4) is 11.3 Å². The van der Waals surface area contributed by atoms with Gasteiger partial charge >= 0.3 is 0 Å². The number of hydrogen-bond acceptors (Lipinski definition) is 3. The Morgan fingerprint density at radius 2 is 1.96 bits per heavy atom. The van der Waals surface area contributed by atoms with Crippen molar-refractivity contribution in [2.75, 3.05) is 18.4 Å². The maximum atomic E-state index is 14.7. The van der Waals surface area contributed by atoms with Gasteiger partial charge in [-0.15, -0.1) is 0 Å². The quantitative estimate of drug-likeness (QED) is 0.763. The van der Waals surface area contributed by atoms with Gasteiger partial charge in [0.2, 0.25) is 0 Å². The Balaban J connectivity index is 1.75. The number of aryl methyl sites for hydroxylation is 1. The third-order valence-corrected chi connectivity index (χ3v) is 4.74. The molecule has 130 valence electrons.